The summed E-state index contributed by atoms with van der Waals surface area (Å²) in [5, 5.41) is 9.67. The van der Waals surface area contributed by atoms with Crippen LogP contribution in [0.25, 0.3) is 98.8 Å². The van der Waals surface area contributed by atoms with Gasteiger partial charge < -0.3 is 4.42 Å². The highest BCUT2D eigenvalue weighted by molar-refractivity contribution is 6.23. The van der Waals surface area contributed by atoms with Crippen LogP contribution in [0.4, 0.5) is 0 Å². The fourth-order valence-corrected chi connectivity index (χ4v) is 7.78. The number of fused-ring (bicyclic) bond motifs is 6. The zero-order valence-corrected chi connectivity index (χ0v) is 26.7. The minimum absolute atomic E-state index is 0.909. The summed E-state index contributed by atoms with van der Waals surface area (Å²) in [7, 11) is 0. The number of benzene rings is 9. The standard InChI is InChI=1S/C48H30O/c1-3-13-31(14-4-1)33-23-24-34-28-44(43(29-36(34)27-33)32-15-5-2-6-16-32)48-41-20-9-7-18-39(41)47(40-19-8-10-21-42(40)48)35-25-26-38-37-17-11-12-22-45(37)49-46(38)30-35/h1-30H. The second-order valence-electron chi connectivity index (χ2n) is 12.8. The van der Waals surface area contributed by atoms with Gasteiger partial charge in [0.1, 0.15) is 11.2 Å². The van der Waals surface area contributed by atoms with Gasteiger partial charge in [-0.3, -0.25) is 0 Å². The second-order valence-corrected chi connectivity index (χ2v) is 12.8. The Bertz CT molecular complexity index is 2800. The largest absolute Gasteiger partial charge is 0.456 e. The van der Waals surface area contributed by atoms with E-state index in [1.807, 2.05) is 12.1 Å². The number of furan rings is 1. The summed E-state index contributed by atoms with van der Waals surface area (Å²) in [4.78, 5) is 0. The van der Waals surface area contributed by atoms with Crippen molar-refractivity contribution in [2.24, 2.45) is 0 Å². The van der Waals surface area contributed by atoms with E-state index in [1.165, 1.54) is 71.3 Å². The molecule has 0 aliphatic carbocycles. The molecule has 0 aliphatic rings. The molecule has 1 heteroatoms. The Morgan fingerprint density at radius 1 is 0.265 bits per heavy atom. The first-order valence-electron chi connectivity index (χ1n) is 16.8. The van der Waals surface area contributed by atoms with Crippen LogP contribution in [0, 0.1) is 0 Å². The van der Waals surface area contributed by atoms with Gasteiger partial charge in [-0.25, -0.2) is 0 Å². The molecule has 0 radical (unpaired) electrons. The summed E-state index contributed by atoms with van der Waals surface area (Å²) in [5.41, 5.74) is 11.6. The van der Waals surface area contributed by atoms with Gasteiger partial charge in [0.2, 0.25) is 0 Å². The molecule has 0 aliphatic heterocycles. The van der Waals surface area contributed by atoms with Crippen LogP contribution in [-0.4, -0.2) is 0 Å². The Morgan fingerprint density at radius 3 is 1.49 bits per heavy atom. The van der Waals surface area contributed by atoms with Crippen molar-refractivity contribution in [2.75, 3.05) is 0 Å². The Labute approximate surface area is 284 Å². The van der Waals surface area contributed by atoms with Crippen molar-refractivity contribution >= 4 is 54.3 Å². The molecule has 0 fully saturated rings. The normalized spacial score (nSPS) is 11.7. The summed E-state index contributed by atoms with van der Waals surface area (Å²) < 4.78 is 6.37. The van der Waals surface area contributed by atoms with Gasteiger partial charge in [-0.2, -0.15) is 0 Å². The monoisotopic (exact) mass is 622 g/mol. The van der Waals surface area contributed by atoms with E-state index in [1.54, 1.807) is 0 Å². The summed E-state index contributed by atoms with van der Waals surface area (Å²) in [6, 6.07) is 65.9. The highest BCUT2D eigenvalue weighted by Crippen LogP contribution is 2.47. The molecular formula is C48H30O. The van der Waals surface area contributed by atoms with Crippen molar-refractivity contribution in [3.63, 3.8) is 0 Å². The zero-order valence-electron chi connectivity index (χ0n) is 26.7. The first-order valence-corrected chi connectivity index (χ1v) is 16.8. The molecule has 9 aromatic carbocycles. The molecule has 10 aromatic rings. The van der Waals surface area contributed by atoms with Crippen molar-refractivity contribution in [1.29, 1.82) is 0 Å². The van der Waals surface area contributed by atoms with E-state index in [9.17, 15) is 0 Å². The second kappa shape index (κ2) is 11.1. The molecule has 0 N–H and O–H groups in total. The average molecular weight is 623 g/mol. The van der Waals surface area contributed by atoms with Gasteiger partial charge in [0.05, 0.1) is 0 Å². The lowest BCUT2D eigenvalue weighted by Gasteiger charge is -2.20. The molecule has 228 valence electrons. The highest BCUT2D eigenvalue weighted by atomic mass is 16.3. The van der Waals surface area contributed by atoms with Gasteiger partial charge in [-0.15, -0.1) is 0 Å². The minimum Gasteiger partial charge on any atom is -0.456 e. The number of rotatable bonds is 4. The summed E-state index contributed by atoms with van der Waals surface area (Å²) >= 11 is 0. The van der Waals surface area contributed by atoms with E-state index in [0.717, 1.165) is 27.5 Å². The van der Waals surface area contributed by atoms with E-state index < -0.39 is 0 Å². The Balaban J connectivity index is 1.27. The summed E-state index contributed by atoms with van der Waals surface area (Å²) in [6.07, 6.45) is 0. The van der Waals surface area contributed by atoms with Gasteiger partial charge in [0.25, 0.3) is 0 Å². The van der Waals surface area contributed by atoms with Crippen molar-refractivity contribution in [2.45, 2.75) is 0 Å². The van der Waals surface area contributed by atoms with Crippen LogP contribution in [0.15, 0.2) is 186 Å². The number of hydrogen-bond donors (Lipinski definition) is 0. The van der Waals surface area contributed by atoms with Crippen LogP contribution in [0.3, 0.4) is 0 Å². The van der Waals surface area contributed by atoms with E-state index >= 15 is 0 Å². The lowest BCUT2D eigenvalue weighted by atomic mass is 9.83. The van der Waals surface area contributed by atoms with Gasteiger partial charge in [-0.1, -0.05) is 146 Å². The molecule has 10 rings (SSSR count). The SMILES string of the molecule is c1ccc(-c2ccc3cc(-c4c5ccccc5c(-c5ccc6c(c5)oc5ccccc56)c5ccccc45)c(-c4ccccc4)cc3c2)cc1. The van der Waals surface area contributed by atoms with E-state index in [4.69, 9.17) is 4.42 Å². The highest BCUT2D eigenvalue weighted by Gasteiger charge is 2.20. The molecule has 0 saturated carbocycles. The fraction of sp³-hybridized carbons (Fsp3) is 0. The fourth-order valence-electron chi connectivity index (χ4n) is 7.78. The molecule has 0 saturated heterocycles. The lowest BCUT2D eigenvalue weighted by Crippen LogP contribution is -1.93. The van der Waals surface area contributed by atoms with Crippen molar-refractivity contribution < 1.29 is 4.42 Å². The predicted octanol–water partition coefficient (Wildman–Crippen LogP) is 13.7. The molecule has 1 aromatic heterocycles. The number of hydrogen-bond acceptors (Lipinski definition) is 1. The van der Waals surface area contributed by atoms with Crippen LogP contribution in [-0.2, 0) is 0 Å². The first kappa shape index (κ1) is 27.7. The summed E-state index contributed by atoms with van der Waals surface area (Å²) in [6.45, 7) is 0. The topological polar surface area (TPSA) is 13.1 Å². The molecule has 1 heterocycles. The van der Waals surface area contributed by atoms with E-state index in [2.05, 4.69) is 170 Å². The molecule has 0 atom stereocenters. The molecule has 0 amide bonds. The quantitative estimate of drug-likeness (QED) is 0.178. The molecule has 1 nitrogen and oxygen atoms in total. The molecule has 0 spiro atoms. The van der Waals surface area contributed by atoms with E-state index in [-0.39, 0.29) is 0 Å². The van der Waals surface area contributed by atoms with Gasteiger partial charge in [0.15, 0.2) is 0 Å². The Kier molecular flexibility index (Phi) is 6.25. The third kappa shape index (κ3) is 4.47. The minimum atomic E-state index is 0.909. The van der Waals surface area contributed by atoms with Gasteiger partial charge >= 0.3 is 0 Å². The third-order valence-electron chi connectivity index (χ3n) is 10.0. The molecule has 49 heavy (non-hydrogen) atoms. The molecule has 0 unspecified atom stereocenters. The van der Waals surface area contributed by atoms with Gasteiger partial charge in [-0.05, 0) is 113 Å². The summed E-state index contributed by atoms with van der Waals surface area (Å²) in [5.74, 6) is 0. The maximum Gasteiger partial charge on any atom is 0.136 e. The molecule has 0 bridgehead atoms. The Hall–Kier alpha value is -6.44. The first-order chi connectivity index (χ1) is 24.3. The smallest absolute Gasteiger partial charge is 0.136 e. The van der Waals surface area contributed by atoms with Crippen molar-refractivity contribution in [1.82, 2.24) is 0 Å². The van der Waals surface area contributed by atoms with E-state index in [0.29, 0.717) is 0 Å². The Morgan fingerprint density at radius 2 is 0.796 bits per heavy atom. The van der Waals surface area contributed by atoms with Gasteiger partial charge in [0, 0.05) is 10.8 Å². The lowest BCUT2D eigenvalue weighted by molar-refractivity contribution is 0.669. The maximum atomic E-state index is 6.37. The van der Waals surface area contributed by atoms with Crippen LogP contribution in [0.5, 0.6) is 0 Å². The predicted molar refractivity (Wildman–Crippen MR) is 208 cm³/mol. The van der Waals surface area contributed by atoms with Crippen LogP contribution in [0.2, 0.25) is 0 Å². The van der Waals surface area contributed by atoms with Crippen molar-refractivity contribution in [3.05, 3.63) is 182 Å². The average Bonchev–Trinajstić information content (AvgIpc) is 3.55. The van der Waals surface area contributed by atoms with Crippen LogP contribution >= 0.6 is 0 Å². The van der Waals surface area contributed by atoms with Crippen LogP contribution in [0.1, 0.15) is 0 Å². The maximum absolute atomic E-state index is 6.37. The van der Waals surface area contributed by atoms with Crippen LogP contribution < -0.4 is 0 Å². The third-order valence-corrected chi connectivity index (χ3v) is 10.0. The molecular weight excluding hydrogens is 593 g/mol. The number of para-hydroxylation sites is 1. The zero-order chi connectivity index (χ0) is 32.3. The van der Waals surface area contributed by atoms with Crippen molar-refractivity contribution in [3.8, 4) is 44.5 Å².